The number of carbonyl (C=O) groups is 2. The minimum atomic E-state index is -0.139. The van der Waals surface area contributed by atoms with Gasteiger partial charge < -0.3 is 9.80 Å². The Bertz CT molecular complexity index is 579. The number of piperazine rings is 1. The number of hydrogen-bond donors (Lipinski definition) is 0. The molecule has 1 aromatic carbocycles. The van der Waals surface area contributed by atoms with E-state index in [0.29, 0.717) is 13.1 Å². The fraction of sp³-hybridized carbons (Fsp3) is 0.529. The molecule has 1 fully saturated rings. The molecule has 2 amide bonds. The van der Waals surface area contributed by atoms with Crippen LogP contribution in [0.1, 0.15) is 19.4 Å². The highest BCUT2D eigenvalue weighted by atomic mass is 16.2. The first kappa shape index (κ1) is 15.0. The summed E-state index contributed by atoms with van der Waals surface area (Å²) in [6, 6.07) is 8.00. The van der Waals surface area contributed by atoms with Gasteiger partial charge in [-0.25, -0.2) is 0 Å². The molecule has 5 nitrogen and oxygen atoms in total. The lowest BCUT2D eigenvalue weighted by Gasteiger charge is -2.38. The van der Waals surface area contributed by atoms with Crippen LogP contribution in [0.5, 0.6) is 0 Å². The second-order valence-corrected chi connectivity index (χ2v) is 6.09. The van der Waals surface area contributed by atoms with Crippen molar-refractivity contribution in [2.75, 3.05) is 37.6 Å². The van der Waals surface area contributed by atoms with Crippen LogP contribution in [-0.2, 0) is 16.0 Å². The van der Waals surface area contributed by atoms with Crippen LogP contribution in [-0.4, -0.2) is 60.4 Å². The Morgan fingerprint density at radius 1 is 1.05 bits per heavy atom. The summed E-state index contributed by atoms with van der Waals surface area (Å²) in [5.41, 5.74) is 2.31. The fourth-order valence-corrected chi connectivity index (χ4v) is 3.37. The van der Waals surface area contributed by atoms with E-state index in [-0.39, 0.29) is 17.9 Å². The Morgan fingerprint density at radius 3 is 2.41 bits per heavy atom. The van der Waals surface area contributed by atoms with Crippen molar-refractivity contribution < 1.29 is 9.59 Å². The third-order valence-corrected chi connectivity index (χ3v) is 4.82. The Morgan fingerprint density at radius 2 is 1.73 bits per heavy atom. The molecular weight excluding hydrogens is 278 g/mol. The molecule has 0 saturated carbocycles. The maximum absolute atomic E-state index is 12.8. The highest BCUT2D eigenvalue weighted by Gasteiger charge is 2.32. The largest absolute Gasteiger partial charge is 0.340 e. The zero-order valence-corrected chi connectivity index (χ0v) is 13.3. The van der Waals surface area contributed by atoms with E-state index in [9.17, 15) is 9.59 Å². The van der Waals surface area contributed by atoms with Crippen molar-refractivity contribution in [1.29, 1.82) is 0 Å². The maximum atomic E-state index is 12.8. The van der Waals surface area contributed by atoms with Crippen molar-refractivity contribution in [2.45, 2.75) is 26.3 Å². The van der Waals surface area contributed by atoms with Crippen molar-refractivity contribution in [2.24, 2.45) is 0 Å². The van der Waals surface area contributed by atoms with Crippen LogP contribution in [0, 0.1) is 0 Å². The van der Waals surface area contributed by atoms with Gasteiger partial charge in [-0.05, 0) is 25.0 Å². The number of anilines is 1. The number of para-hydroxylation sites is 1. The van der Waals surface area contributed by atoms with Gasteiger partial charge in [-0.2, -0.15) is 0 Å². The van der Waals surface area contributed by atoms with Gasteiger partial charge in [0.1, 0.15) is 0 Å². The van der Waals surface area contributed by atoms with E-state index in [1.54, 1.807) is 6.92 Å². The zero-order chi connectivity index (χ0) is 15.7. The van der Waals surface area contributed by atoms with Crippen LogP contribution in [0.3, 0.4) is 0 Å². The topological polar surface area (TPSA) is 43.9 Å². The van der Waals surface area contributed by atoms with Crippen LogP contribution < -0.4 is 4.90 Å². The van der Waals surface area contributed by atoms with Gasteiger partial charge in [0.25, 0.3) is 0 Å². The maximum Gasteiger partial charge on any atom is 0.244 e. The van der Waals surface area contributed by atoms with Gasteiger partial charge in [-0.15, -0.1) is 0 Å². The van der Waals surface area contributed by atoms with E-state index in [1.807, 2.05) is 34.9 Å². The van der Waals surface area contributed by atoms with Crippen molar-refractivity contribution in [3.63, 3.8) is 0 Å². The summed E-state index contributed by atoms with van der Waals surface area (Å²) in [5, 5.41) is 0. The normalized spacial score (nSPS) is 19.9. The second-order valence-electron chi connectivity index (χ2n) is 6.09. The molecule has 1 saturated heterocycles. The molecule has 0 N–H and O–H groups in total. The van der Waals surface area contributed by atoms with E-state index in [0.717, 1.165) is 31.7 Å². The highest BCUT2D eigenvalue weighted by molar-refractivity contribution is 5.98. The molecule has 1 atom stereocenters. The molecule has 5 heteroatoms. The Hall–Kier alpha value is -1.88. The first-order chi connectivity index (χ1) is 10.6. The van der Waals surface area contributed by atoms with Gasteiger partial charge in [0.05, 0.1) is 6.04 Å². The van der Waals surface area contributed by atoms with Gasteiger partial charge in [-0.3, -0.25) is 14.5 Å². The minimum absolute atomic E-state index is 0.118. The monoisotopic (exact) mass is 301 g/mol. The molecule has 22 heavy (non-hydrogen) atoms. The molecule has 0 aromatic heterocycles. The van der Waals surface area contributed by atoms with E-state index >= 15 is 0 Å². The lowest BCUT2D eigenvalue weighted by molar-refractivity contribution is -0.131. The average molecular weight is 301 g/mol. The molecule has 0 bridgehead atoms. The molecule has 0 radical (unpaired) electrons. The molecule has 118 valence electrons. The van der Waals surface area contributed by atoms with Crippen LogP contribution in [0.25, 0.3) is 0 Å². The Labute approximate surface area is 131 Å². The van der Waals surface area contributed by atoms with E-state index in [1.165, 1.54) is 5.56 Å². The third-order valence-electron chi connectivity index (χ3n) is 4.82. The smallest absolute Gasteiger partial charge is 0.244 e. The quantitative estimate of drug-likeness (QED) is 0.822. The predicted octanol–water partition coefficient (Wildman–Crippen LogP) is 1.13. The summed E-state index contributed by atoms with van der Waals surface area (Å²) in [7, 11) is 0. The zero-order valence-electron chi connectivity index (χ0n) is 13.3. The summed E-state index contributed by atoms with van der Waals surface area (Å²) in [5.74, 6) is 0.285. The summed E-state index contributed by atoms with van der Waals surface area (Å²) < 4.78 is 0. The molecule has 1 aromatic rings. The van der Waals surface area contributed by atoms with E-state index in [4.69, 9.17) is 0 Å². The summed E-state index contributed by atoms with van der Waals surface area (Å²) >= 11 is 0. The van der Waals surface area contributed by atoms with Crippen molar-refractivity contribution in [1.82, 2.24) is 9.80 Å². The fourth-order valence-electron chi connectivity index (χ4n) is 3.37. The van der Waals surface area contributed by atoms with Crippen LogP contribution in [0.4, 0.5) is 5.69 Å². The summed E-state index contributed by atoms with van der Waals surface area (Å²) in [4.78, 5) is 30.2. The van der Waals surface area contributed by atoms with Gasteiger partial charge in [0, 0.05) is 45.3 Å². The van der Waals surface area contributed by atoms with Crippen LogP contribution in [0.15, 0.2) is 24.3 Å². The van der Waals surface area contributed by atoms with E-state index < -0.39 is 0 Å². The Balaban J connectivity index is 1.65. The molecule has 3 rings (SSSR count). The number of nitrogens with zero attached hydrogens (tertiary/aromatic N) is 3. The number of fused-ring (bicyclic) bond motifs is 1. The molecular formula is C17H23N3O2. The van der Waals surface area contributed by atoms with Gasteiger partial charge in [0.15, 0.2) is 0 Å². The Kier molecular flexibility index (Phi) is 4.16. The molecule has 2 aliphatic rings. The lowest BCUT2D eigenvalue weighted by Crippen LogP contribution is -2.55. The third kappa shape index (κ3) is 2.73. The first-order valence-corrected chi connectivity index (χ1v) is 7.97. The highest BCUT2D eigenvalue weighted by Crippen LogP contribution is 2.28. The number of hydrogen-bond acceptors (Lipinski definition) is 3. The molecule has 0 unspecified atom stereocenters. The number of rotatable bonds is 2. The number of amides is 2. The SMILES string of the molecule is CC(=O)N1CCN([C@H](C)C(=O)N2CCc3ccccc32)CC1. The van der Waals surface area contributed by atoms with Crippen molar-refractivity contribution >= 4 is 17.5 Å². The van der Waals surface area contributed by atoms with Gasteiger partial charge in [-0.1, -0.05) is 18.2 Å². The molecule has 2 aliphatic heterocycles. The summed E-state index contributed by atoms with van der Waals surface area (Å²) in [6.07, 6.45) is 0.937. The van der Waals surface area contributed by atoms with Crippen LogP contribution in [0.2, 0.25) is 0 Å². The predicted molar refractivity (Wildman–Crippen MR) is 85.8 cm³/mol. The average Bonchev–Trinajstić information content (AvgIpc) is 2.97. The minimum Gasteiger partial charge on any atom is -0.340 e. The lowest BCUT2D eigenvalue weighted by atomic mass is 10.1. The standard InChI is InChI=1S/C17H23N3O2/c1-13(18-9-11-19(12-10-18)14(2)21)17(22)20-8-7-15-5-3-4-6-16(15)20/h3-6,13H,7-12H2,1-2H3/t13-/m1/s1. The van der Waals surface area contributed by atoms with Gasteiger partial charge >= 0.3 is 0 Å². The second kappa shape index (κ2) is 6.08. The summed E-state index contributed by atoms with van der Waals surface area (Å²) in [6.45, 7) is 7.31. The van der Waals surface area contributed by atoms with Gasteiger partial charge in [0.2, 0.25) is 11.8 Å². The van der Waals surface area contributed by atoms with Crippen molar-refractivity contribution in [3.05, 3.63) is 29.8 Å². The molecule has 0 aliphatic carbocycles. The van der Waals surface area contributed by atoms with E-state index in [2.05, 4.69) is 11.0 Å². The molecule has 2 heterocycles. The van der Waals surface area contributed by atoms with Crippen LogP contribution >= 0.6 is 0 Å². The molecule has 0 spiro atoms. The number of carbonyl (C=O) groups excluding carboxylic acids is 2. The van der Waals surface area contributed by atoms with Crippen molar-refractivity contribution in [3.8, 4) is 0 Å². The first-order valence-electron chi connectivity index (χ1n) is 7.97. The number of benzene rings is 1.